The monoisotopic (exact) mass is 596 g/mol. The molecule has 0 radical (unpaired) electrons. The number of nitrogens with one attached hydrogen (secondary N) is 1. The lowest BCUT2D eigenvalue weighted by atomic mass is 9.96. The third kappa shape index (κ3) is 7.41. The van der Waals surface area contributed by atoms with Crippen molar-refractivity contribution >= 4 is 23.0 Å². The van der Waals surface area contributed by atoms with Gasteiger partial charge in [-0.25, -0.2) is 24.3 Å². The Morgan fingerprint density at radius 3 is 2.36 bits per heavy atom. The molecule has 2 amide bonds. The number of hydrogen-bond donors (Lipinski definition) is 1. The maximum atomic E-state index is 13.4. The number of carbonyl (C=O) groups is 2. The average molecular weight is 597 g/mol. The number of ether oxygens (including phenoxy) is 2. The van der Waals surface area contributed by atoms with Crippen LogP contribution >= 0.6 is 0 Å². The van der Waals surface area contributed by atoms with Crippen molar-refractivity contribution in [3.8, 4) is 5.75 Å². The van der Waals surface area contributed by atoms with E-state index in [1.807, 2.05) is 66.2 Å². The first kappa shape index (κ1) is 31.1. The molecular weight excluding hydrogens is 552 g/mol. The van der Waals surface area contributed by atoms with Crippen LogP contribution in [0.25, 0.3) is 11.0 Å². The van der Waals surface area contributed by atoms with E-state index >= 15 is 0 Å². The van der Waals surface area contributed by atoms with Crippen LogP contribution in [0.3, 0.4) is 0 Å². The first-order chi connectivity index (χ1) is 21.5. The molecule has 0 bridgehead atoms. The van der Waals surface area contributed by atoms with Crippen molar-refractivity contribution in [1.82, 2.24) is 15.0 Å². The van der Waals surface area contributed by atoms with Gasteiger partial charge in [-0.2, -0.15) is 0 Å². The Balaban J connectivity index is 1.32. The summed E-state index contributed by atoms with van der Waals surface area (Å²) >= 11 is 0. The smallest absolute Gasteiger partial charge is 0.352 e. The van der Waals surface area contributed by atoms with Crippen LogP contribution in [0, 0.1) is 0 Å². The van der Waals surface area contributed by atoms with Gasteiger partial charge in [0, 0.05) is 24.6 Å². The number of hydrogen-bond acceptors (Lipinski definition) is 5. The lowest BCUT2D eigenvalue weighted by Gasteiger charge is -2.29. The Morgan fingerprint density at radius 1 is 0.955 bits per heavy atom. The second-order valence-corrected chi connectivity index (χ2v) is 11.4. The van der Waals surface area contributed by atoms with Gasteiger partial charge < -0.3 is 14.8 Å². The summed E-state index contributed by atoms with van der Waals surface area (Å²) in [6.45, 7) is 6.78. The number of fused-ring (bicyclic) bond motifs is 1. The van der Waals surface area contributed by atoms with Gasteiger partial charge in [0.1, 0.15) is 11.6 Å². The molecule has 0 aliphatic heterocycles. The molecule has 1 aromatic heterocycles. The number of amides is 2. The summed E-state index contributed by atoms with van der Waals surface area (Å²) in [7, 11) is 0. The highest BCUT2D eigenvalue weighted by atomic mass is 16.6. The van der Waals surface area contributed by atoms with Crippen molar-refractivity contribution in [1.29, 1.82) is 0 Å². The standard InChI is InChI=1S/C36H44N4O4/c1-4-13-33-38-31-25-27(20-23-32(31)40(33)39(5-2)36(42)37-29-16-11-8-12-17-29)24-26-18-21-30(22-19-26)44-34(35(41)43-6-3)28-14-9-7-10-15-28/h7,9-10,14-15,18-23,25,29,34H,4-6,8,11-13,16-17,24H2,1-3H3,(H,37,42). The molecule has 4 aromatic rings. The van der Waals surface area contributed by atoms with Crippen molar-refractivity contribution in [2.45, 2.75) is 84.3 Å². The molecule has 1 saturated carbocycles. The Kier molecular flexibility index (Phi) is 10.5. The number of imidazole rings is 1. The van der Waals surface area contributed by atoms with Crippen LogP contribution in [0.15, 0.2) is 72.8 Å². The van der Waals surface area contributed by atoms with Crippen LogP contribution in [0.1, 0.15) is 87.9 Å². The summed E-state index contributed by atoms with van der Waals surface area (Å²) in [6.07, 6.45) is 7.30. The minimum atomic E-state index is -0.829. The molecule has 232 valence electrons. The van der Waals surface area contributed by atoms with Crippen molar-refractivity contribution in [3.05, 3.63) is 95.3 Å². The fraction of sp³-hybridized carbons (Fsp3) is 0.417. The summed E-state index contributed by atoms with van der Waals surface area (Å²) in [5.41, 5.74) is 4.81. The number of esters is 1. The molecule has 1 aliphatic carbocycles. The predicted molar refractivity (Wildman–Crippen MR) is 174 cm³/mol. The Morgan fingerprint density at radius 2 is 1.68 bits per heavy atom. The number of nitrogens with zero attached hydrogens (tertiary/aromatic N) is 3. The lowest BCUT2D eigenvalue weighted by molar-refractivity contribution is -0.151. The number of carbonyl (C=O) groups excluding carboxylic acids is 2. The zero-order valence-electron chi connectivity index (χ0n) is 26.1. The van der Waals surface area contributed by atoms with E-state index in [1.54, 1.807) is 11.9 Å². The van der Waals surface area contributed by atoms with E-state index < -0.39 is 12.1 Å². The van der Waals surface area contributed by atoms with Crippen LogP contribution in [-0.4, -0.2) is 40.9 Å². The number of urea groups is 1. The Labute approximate surface area is 260 Å². The zero-order valence-corrected chi connectivity index (χ0v) is 26.1. The van der Waals surface area contributed by atoms with Gasteiger partial charge in [-0.05, 0) is 74.9 Å². The molecule has 3 aromatic carbocycles. The third-order valence-electron chi connectivity index (χ3n) is 8.13. The van der Waals surface area contributed by atoms with Crippen LogP contribution in [-0.2, 0) is 22.4 Å². The van der Waals surface area contributed by atoms with Gasteiger partial charge in [-0.1, -0.05) is 74.7 Å². The van der Waals surface area contributed by atoms with Gasteiger partial charge in [-0.15, -0.1) is 0 Å². The van der Waals surface area contributed by atoms with Gasteiger partial charge in [0.05, 0.1) is 17.6 Å². The van der Waals surface area contributed by atoms with Gasteiger partial charge in [0.2, 0.25) is 6.10 Å². The summed E-state index contributed by atoms with van der Waals surface area (Å²) < 4.78 is 13.4. The van der Waals surface area contributed by atoms with E-state index in [0.29, 0.717) is 18.7 Å². The minimum absolute atomic E-state index is 0.0556. The van der Waals surface area contributed by atoms with Crippen LogP contribution in [0.4, 0.5) is 4.79 Å². The number of benzene rings is 3. The molecule has 1 aliphatic rings. The average Bonchev–Trinajstić information content (AvgIpc) is 3.39. The molecular formula is C36H44N4O4. The van der Waals surface area contributed by atoms with E-state index in [2.05, 4.69) is 30.4 Å². The van der Waals surface area contributed by atoms with Crippen LogP contribution in [0.2, 0.25) is 0 Å². The number of aryl methyl sites for hydroxylation is 1. The fourth-order valence-electron chi connectivity index (χ4n) is 5.96. The van der Waals surface area contributed by atoms with Crippen molar-refractivity contribution in [3.63, 3.8) is 0 Å². The summed E-state index contributed by atoms with van der Waals surface area (Å²) in [5, 5.41) is 5.07. The number of aromatic nitrogens is 2. The van der Waals surface area contributed by atoms with Crippen molar-refractivity contribution in [2.24, 2.45) is 0 Å². The minimum Gasteiger partial charge on any atom is -0.474 e. The fourth-order valence-corrected chi connectivity index (χ4v) is 5.96. The highest BCUT2D eigenvalue weighted by Crippen LogP contribution is 2.26. The molecule has 44 heavy (non-hydrogen) atoms. The molecule has 5 rings (SSSR count). The first-order valence-corrected chi connectivity index (χ1v) is 16.1. The topological polar surface area (TPSA) is 85.7 Å². The molecule has 8 nitrogen and oxygen atoms in total. The van der Waals surface area contributed by atoms with Crippen molar-refractivity contribution in [2.75, 3.05) is 18.2 Å². The zero-order chi connectivity index (χ0) is 30.9. The summed E-state index contributed by atoms with van der Waals surface area (Å²) in [6, 6.07) is 23.7. The predicted octanol–water partition coefficient (Wildman–Crippen LogP) is 7.26. The van der Waals surface area contributed by atoms with E-state index in [0.717, 1.165) is 59.2 Å². The van der Waals surface area contributed by atoms with Gasteiger partial charge in [0.15, 0.2) is 0 Å². The highest BCUT2D eigenvalue weighted by Gasteiger charge is 2.25. The molecule has 1 atom stereocenters. The molecule has 8 heteroatoms. The Hall–Kier alpha value is -4.33. The molecule has 1 unspecified atom stereocenters. The highest BCUT2D eigenvalue weighted by molar-refractivity contribution is 5.88. The third-order valence-corrected chi connectivity index (χ3v) is 8.13. The second kappa shape index (κ2) is 14.9. The lowest BCUT2D eigenvalue weighted by Crippen LogP contribution is -2.51. The van der Waals surface area contributed by atoms with Gasteiger partial charge in [0.25, 0.3) is 0 Å². The number of rotatable bonds is 12. The normalized spacial score (nSPS) is 14.2. The molecule has 1 N–H and O–H groups in total. The SMILES string of the molecule is CCCc1nc2cc(Cc3ccc(OC(C(=O)OCC)c4ccccc4)cc3)ccc2n1N(CC)C(=O)NC1CCCCC1. The maximum absolute atomic E-state index is 13.4. The molecule has 1 fully saturated rings. The van der Waals surface area contributed by atoms with Crippen LogP contribution in [0.5, 0.6) is 5.75 Å². The Bertz CT molecular complexity index is 1530. The van der Waals surface area contributed by atoms with E-state index in [9.17, 15) is 9.59 Å². The largest absolute Gasteiger partial charge is 0.474 e. The molecule has 0 spiro atoms. The van der Waals surface area contributed by atoms with E-state index in [4.69, 9.17) is 14.5 Å². The first-order valence-electron chi connectivity index (χ1n) is 16.1. The van der Waals surface area contributed by atoms with Gasteiger partial charge in [-0.3, -0.25) is 0 Å². The maximum Gasteiger partial charge on any atom is 0.352 e. The molecule has 1 heterocycles. The van der Waals surface area contributed by atoms with E-state index in [1.165, 1.54) is 19.3 Å². The molecule has 0 saturated heterocycles. The van der Waals surface area contributed by atoms with Crippen LogP contribution < -0.4 is 15.1 Å². The van der Waals surface area contributed by atoms with Gasteiger partial charge >= 0.3 is 12.0 Å². The second-order valence-electron chi connectivity index (χ2n) is 11.4. The quantitative estimate of drug-likeness (QED) is 0.174. The summed E-state index contributed by atoms with van der Waals surface area (Å²) in [5.74, 6) is 1.09. The summed E-state index contributed by atoms with van der Waals surface area (Å²) in [4.78, 5) is 31.0. The van der Waals surface area contributed by atoms with E-state index in [-0.39, 0.29) is 18.7 Å². The van der Waals surface area contributed by atoms with Crippen molar-refractivity contribution < 1.29 is 19.1 Å².